The molecule has 0 aliphatic carbocycles. The van der Waals surface area contributed by atoms with E-state index in [4.69, 9.17) is 18.6 Å². The van der Waals surface area contributed by atoms with Gasteiger partial charge in [0.05, 0.1) is 27.2 Å². The molecule has 0 aliphatic rings. The predicted octanol–water partition coefficient (Wildman–Crippen LogP) is 3.38. The molecular weight excluding hydrogens is 308 g/mol. The standard InChI is InChI=1S/C18H18N2O4/c1-21-14-9-6-10-15(22-2)17(14)23-12-11-16-19-20-18(24-16)13-7-4-3-5-8-13/h3-10H,11-12H2,1-2H3. The molecule has 6 nitrogen and oxygen atoms in total. The molecule has 0 bridgehead atoms. The molecule has 0 radical (unpaired) electrons. The topological polar surface area (TPSA) is 66.6 Å². The summed E-state index contributed by atoms with van der Waals surface area (Å²) in [6.07, 6.45) is 0.487. The Morgan fingerprint density at radius 3 is 2.25 bits per heavy atom. The minimum atomic E-state index is 0.368. The molecule has 3 aromatic rings. The van der Waals surface area contributed by atoms with Crippen LogP contribution in [0.4, 0.5) is 0 Å². The normalized spacial score (nSPS) is 10.4. The smallest absolute Gasteiger partial charge is 0.247 e. The maximum Gasteiger partial charge on any atom is 0.247 e. The summed E-state index contributed by atoms with van der Waals surface area (Å²) in [7, 11) is 3.18. The number of benzene rings is 2. The van der Waals surface area contributed by atoms with Crippen LogP contribution in [0.15, 0.2) is 52.9 Å². The largest absolute Gasteiger partial charge is 0.493 e. The monoisotopic (exact) mass is 326 g/mol. The number of aromatic nitrogens is 2. The summed E-state index contributed by atoms with van der Waals surface area (Å²) in [5.41, 5.74) is 0.892. The second-order valence-corrected chi connectivity index (χ2v) is 4.96. The van der Waals surface area contributed by atoms with Crippen molar-refractivity contribution in [3.63, 3.8) is 0 Å². The van der Waals surface area contributed by atoms with E-state index in [-0.39, 0.29) is 0 Å². The Labute approximate surface area is 140 Å². The lowest BCUT2D eigenvalue weighted by atomic mass is 10.2. The Morgan fingerprint density at radius 2 is 1.58 bits per heavy atom. The van der Waals surface area contributed by atoms with Gasteiger partial charge in [0.15, 0.2) is 11.5 Å². The molecule has 0 fully saturated rings. The van der Waals surface area contributed by atoms with Crippen LogP contribution in [-0.4, -0.2) is 31.0 Å². The molecule has 0 saturated heterocycles. The maximum absolute atomic E-state index is 5.79. The lowest BCUT2D eigenvalue weighted by Crippen LogP contribution is -2.04. The van der Waals surface area contributed by atoms with Gasteiger partial charge in [-0.05, 0) is 24.3 Å². The van der Waals surface area contributed by atoms with Crippen molar-refractivity contribution in [3.05, 3.63) is 54.4 Å². The summed E-state index contributed by atoms with van der Waals surface area (Å²) in [6, 6.07) is 15.1. The molecule has 0 N–H and O–H groups in total. The fourth-order valence-corrected chi connectivity index (χ4v) is 2.25. The highest BCUT2D eigenvalue weighted by molar-refractivity contribution is 5.52. The minimum absolute atomic E-state index is 0.368. The van der Waals surface area contributed by atoms with E-state index < -0.39 is 0 Å². The van der Waals surface area contributed by atoms with Crippen molar-refractivity contribution in [3.8, 4) is 28.7 Å². The Morgan fingerprint density at radius 1 is 0.875 bits per heavy atom. The molecule has 0 amide bonds. The highest BCUT2D eigenvalue weighted by Crippen LogP contribution is 2.36. The average molecular weight is 326 g/mol. The van der Waals surface area contributed by atoms with E-state index in [0.29, 0.717) is 42.1 Å². The summed E-state index contributed by atoms with van der Waals surface area (Å²) in [6.45, 7) is 0.368. The van der Waals surface area contributed by atoms with E-state index in [9.17, 15) is 0 Å². The number of nitrogens with zero attached hydrogens (tertiary/aromatic N) is 2. The average Bonchev–Trinajstić information content (AvgIpc) is 3.11. The summed E-state index contributed by atoms with van der Waals surface area (Å²) < 4.78 is 22.0. The van der Waals surface area contributed by atoms with Gasteiger partial charge >= 0.3 is 0 Å². The fourth-order valence-electron chi connectivity index (χ4n) is 2.25. The van der Waals surface area contributed by atoms with E-state index in [2.05, 4.69) is 10.2 Å². The van der Waals surface area contributed by atoms with Crippen molar-refractivity contribution >= 4 is 0 Å². The fraction of sp³-hybridized carbons (Fsp3) is 0.222. The summed E-state index contributed by atoms with van der Waals surface area (Å²) in [5, 5.41) is 8.11. The first-order valence-electron chi connectivity index (χ1n) is 7.53. The quantitative estimate of drug-likeness (QED) is 0.663. The van der Waals surface area contributed by atoms with Gasteiger partial charge in [-0.2, -0.15) is 0 Å². The second kappa shape index (κ2) is 7.50. The predicted molar refractivity (Wildman–Crippen MR) is 88.5 cm³/mol. The van der Waals surface area contributed by atoms with Gasteiger partial charge in [0.1, 0.15) is 0 Å². The first-order valence-corrected chi connectivity index (χ1v) is 7.53. The molecule has 124 valence electrons. The van der Waals surface area contributed by atoms with E-state index in [0.717, 1.165) is 5.56 Å². The van der Waals surface area contributed by atoms with Crippen LogP contribution in [0.1, 0.15) is 5.89 Å². The van der Waals surface area contributed by atoms with Crippen LogP contribution in [-0.2, 0) is 6.42 Å². The third-order valence-corrected chi connectivity index (χ3v) is 3.43. The number of rotatable bonds is 7. The third-order valence-electron chi connectivity index (χ3n) is 3.43. The first kappa shape index (κ1) is 15.9. The zero-order valence-electron chi connectivity index (χ0n) is 13.6. The number of para-hydroxylation sites is 1. The van der Waals surface area contributed by atoms with Gasteiger partial charge in [0.25, 0.3) is 0 Å². The minimum Gasteiger partial charge on any atom is -0.493 e. The van der Waals surface area contributed by atoms with Crippen LogP contribution in [0.25, 0.3) is 11.5 Å². The van der Waals surface area contributed by atoms with Gasteiger partial charge in [-0.1, -0.05) is 24.3 Å². The molecule has 1 heterocycles. The van der Waals surface area contributed by atoms with Gasteiger partial charge in [-0.3, -0.25) is 0 Å². The van der Waals surface area contributed by atoms with Gasteiger partial charge in [0.2, 0.25) is 17.5 Å². The lowest BCUT2D eigenvalue weighted by Gasteiger charge is -2.13. The maximum atomic E-state index is 5.79. The van der Waals surface area contributed by atoms with Crippen molar-refractivity contribution < 1.29 is 18.6 Å². The van der Waals surface area contributed by atoms with E-state index >= 15 is 0 Å². The molecule has 0 aliphatic heterocycles. The van der Waals surface area contributed by atoms with Gasteiger partial charge < -0.3 is 18.6 Å². The Hall–Kier alpha value is -3.02. The lowest BCUT2D eigenvalue weighted by molar-refractivity contribution is 0.269. The van der Waals surface area contributed by atoms with Crippen LogP contribution < -0.4 is 14.2 Å². The van der Waals surface area contributed by atoms with Gasteiger partial charge in [-0.25, -0.2) is 0 Å². The molecule has 2 aromatic carbocycles. The number of ether oxygens (including phenoxy) is 3. The zero-order valence-corrected chi connectivity index (χ0v) is 13.6. The van der Waals surface area contributed by atoms with Gasteiger partial charge in [-0.15, -0.1) is 10.2 Å². The summed E-state index contributed by atoms with van der Waals surface area (Å²) in [4.78, 5) is 0. The molecule has 3 rings (SSSR count). The van der Waals surface area contributed by atoms with Crippen molar-refractivity contribution in [1.82, 2.24) is 10.2 Å². The molecular formula is C18H18N2O4. The number of hydrogen-bond donors (Lipinski definition) is 0. The Kier molecular flexibility index (Phi) is 4.96. The van der Waals surface area contributed by atoms with Crippen LogP contribution in [0, 0.1) is 0 Å². The molecule has 0 saturated carbocycles. The van der Waals surface area contributed by atoms with Crippen molar-refractivity contribution in [2.24, 2.45) is 0 Å². The van der Waals surface area contributed by atoms with E-state index in [1.165, 1.54) is 0 Å². The second-order valence-electron chi connectivity index (χ2n) is 4.96. The zero-order chi connectivity index (χ0) is 16.8. The van der Waals surface area contributed by atoms with E-state index in [1.54, 1.807) is 14.2 Å². The number of hydrogen-bond acceptors (Lipinski definition) is 6. The molecule has 0 spiro atoms. The Balaban J connectivity index is 1.65. The van der Waals surface area contributed by atoms with Crippen LogP contribution in [0.3, 0.4) is 0 Å². The van der Waals surface area contributed by atoms with Crippen LogP contribution >= 0.6 is 0 Å². The van der Waals surface area contributed by atoms with Crippen molar-refractivity contribution in [1.29, 1.82) is 0 Å². The highest BCUT2D eigenvalue weighted by Gasteiger charge is 2.13. The van der Waals surface area contributed by atoms with Crippen molar-refractivity contribution in [2.45, 2.75) is 6.42 Å². The highest BCUT2D eigenvalue weighted by atomic mass is 16.5. The summed E-state index contributed by atoms with van der Waals surface area (Å²) >= 11 is 0. The third kappa shape index (κ3) is 3.48. The van der Waals surface area contributed by atoms with Crippen molar-refractivity contribution in [2.75, 3.05) is 20.8 Å². The summed E-state index contributed by atoms with van der Waals surface area (Å²) in [5.74, 6) is 2.81. The molecule has 1 aromatic heterocycles. The molecule has 6 heteroatoms. The molecule has 24 heavy (non-hydrogen) atoms. The first-order chi connectivity index (χ1) is 11.8. The SMILES string of the molecule is COc1cccc(OC)c1OCCc1nnc(-c2ccccc2)o1. The van der Waals surface area contributed by atoms with Crippen LogP contribution in [0.2, 0.25) is 0 Å². The van der Waals surface area contributed by atoms with Crippen LogP contribution in [0.5, 0.6) is 17.2 Å². The van der Waals surface area contributed by atoms with E-state index in [1.807, 2.05) is 48.5 Å². The Bertz CT molecular complexity index is 764. The number of methoxy groups -OCH3 is 2. The molecule has 0 unspecified atom stereocenters. The van der Waals surface area contributed by atoms with Gasteiger partial charge in [0, 0.05) is 5.56 Å². The molecule has 0 atom stereocenters.